The fraction of sp³-hybridized carbons (Fsp3) is 0.949. The van der Waals surface area contributed by atoms with Gasteiger partial charge in [0.1, 0.15) is 19.3 Å². The summed E-state index contributed by atoms with van der Waals surface area (Å²) in [5.74, 6) is 0.986. The van der Waals surface area contributed by atoms with E-state index in [4.69, 9.17) is 37.0 Å². The van der Waals surface area contributed by atoms with E-state index in [9.17, 15) is 43.2 Å². The summed E-state index contributed by atoms with van der Waals surface area (Å²) in [5.41, 5.74) is 0. The Labute approximate surface area is 594 Å². The highest BCUT2D eigenvalue weighted by molar-refractivity contribution is 7.47. The van der Waals surface area contributed by atoms with Crippen molar-refractivity contribution < 1.29 is 80.2 Å². The second-order valence-electron chi connectivity index (χ2n) is 29.5. The summed E-state index contributed by atoms with van der Waals surface area (Å²) in [6.45, 7) is 14.2. The van der Waals surface area contributed by atoms with Gasteiger partial charge in [0.2, 0.25) is 0 Å². The van der Waals surface area contributed by atoms with Gasteiger partial charge in [-0.25, -0.2) is 9.13 Å². The maximum absolute atomic E-state index is 13.1. The third-order valence-electron chi connectivity index (χ3n) is 18.8. The van der Waals surface area contributed by atoms with Gasteiger partial charge in [0, 0.05) is 25.7 Å². The van der Waals surface area contributed by atoms with Gasteiger partial charge >= 0.3 is 39.5 Å². The highest BCUT2D eigenvalue weighted by Crippen LogP contribution is 2.45. The first-order valence-electron chi connectivity index (χ1n) is 40.3. The topological polar surface area (TPSA) is 237 Å². The lowest BCUT2D eigenvalue weighted by Crippen LogP contribution is -2.30. The highest BCUT2D eigenvalue weighted by atomic mass is 31.2. The van der Waals surface area contributed by atoms with Crippen LogP contribution in [0.5, 0.6) is 0 Å². The third-order valence-corrected chi connectivity index (χ3v) is 20.7. The first-order chi connectivity index (χ1) is 46.7. The maximum Gasteiger partial charge on any atom is 0.472 e. The lowest BCUT2D eigenvalue weighted by molar-refractivity contribution is -0.161. The largest absolute Gasteiger partial charge is 0.472 e. The van der Waals surface area contributed by atoms with Crippen LogP contribution < -0.4 is 0 Å². The van der Waals surface area contributed by atoms with E-state index in [1.165, 1.54) is 193 Å². The first kappa shape index (κ1) is 95.1. The van der Waals surface area contributed by atoms with Crippen molar-refractivity contribution in [3.05, 3.63) is 0 Å². The number of unbranched alkanes of at least 4 members (excludes halogenated alkanes) is 39. The van der Waals surface area contributed by atoms with Gasteiger partial charge in [-0.3, -0.25) is 37.3 Å². The van der Waals surface area contributed by atoms with Crippen LogP contribution in [0, 0.1) is 23.7 Å². The molecule has 0 radical (unpaired) electrons. The van der Waals surface area contributed by atoms with Crippen LogP contribution in [0.2, 0.25) is 0 Å². The molecule has 97 heavy (non-hydrogen) atoms. The minimum absolute atomic E-state index is 0.106. The van der Waals surface area contributed by atoms with Crippen LogP contribution in [-0.4, -0.2) is 96.7 Å². The Hall–Kier alpha value is -1.94. The van der Waals surface area contributed by atoms with Gasteiger partial charge in [0.15, 0.2) is 12.2 Å². The van der Waals surface area contributed by atoms with Gasteiger partial charge in [0.05, 0.1) is 26.4 Å². The molecule has 0 amide bonds. The van der Waals surface area contributed by atoms with Crippen LogP contribution in [0.1, 0.15) is 396 Å². The maximum atomic E-state index is 13.1. The van der Waals surface area contributed by atoms with E-state index in [2.05, 4.69) is 55.4 Å². The standard InChI is InChI=1S/C78H152O17P2/c1-9-70(7)56-48-40-32-25-21-17-14-15-19-23-27-35-45-53-60-77(82)94-73(64-88-75(80)58-50-42-33-29-28-31-39-47-55-69(5)6)66-92-96(84,85)90-62-72(79)63-91-97(86,87)93-67-74(65-89-76(81)59-51-43-37-36-41-49-57-71(8)10-2)95-78(83)61-52-44-34-26-22-18-13-11-12-16-20-24-30-38-46-54-68(3)4/h68-74,79H,9-67H2,1-8H3,(H,84,85)(H,86,87)/t70?,71?,72-,73-,74-/m1/s1. The zero-order valence-corrected chi connectivity index (χ0v) is 65.5. The molecule has 0 rings (SSSR count). The Balaban J connectivity index is 5.22. The smallest absolute Gasteiger partial charge is 0.462 e. The number of aliphatic hydroxyl groups excluding tert-OH is 1. The fourth-order valence-electron chi connectivity index (χ4n) is 11.8. The molecule has 0 aliphatic rings. The van der Waals surface area contributed by atoms with Crippen LogP contribution in [0.25, 0.3) is 0 Å². The van der Waals surface area contributed by atoms with E-state index in [0.717, 1.165) is 120 Å². The SMILES string of the molecule is CCC(C)CCCCCCCCCCCCCCCCC(=O)O[C@H](COC(=O)CCCCCCCCCCC(C)C)COP(=O)(O)OC[C@@H](O)COP(=O)(O)OC[C@@H](COC(=O)CCCCCCCCC(C)CC)OC(=O)CCCCCCCCCCCCCCCCCC(C)C. The van der Waals surface area contributed by atoms with Crippen LogP contribution in [0.15, 0.2) is 0 Å². The van der Waals surface area contributed by atoms with E-state index >= 15 is 0 Å². The molecular weight excluding hydrogens is 1270 g/mol. The zero-order valence-electron chi connectivity index (χ0n) is 63.7. The Morgan fingerprint density at radius 1 is 0.289 bits per heavy atom. The van der Waals surface area contributed by atoms with Gasteiger partial charge in [-0.05, 0) is 49.4 Å². The molecule has 576 valence electrons. The van der Waals surface area contributed by atoms with Crippen molar-refractivity contribution in [2.45, 2.75) is 414 Å². The number of esters is 4. The van der Waals surface area contributed by atoms with E-state index < -0.39 is 97.5 Å². The minimum atomic E-state index is -4.96. The molecule has 0 aromatic rings. The van der Waals surface area contributed by atoms with Gasteiger partial charge in [-0.2, -0.15) is 0 Å². The Bertz CT molecular complexity index is 1910. The molecule has 0 spiro atoms. The van der Waals surface area contributed by atoms with E-state index in [1.807, 2.05) is 0 Å². The summed E-state index contributed by atoms with van der Waals surface area (Å²) >= 11 is 0. The lowest BCUT2D eigenvalue weighted by atomic mass is 9.99. The van der Waals surface area contributed by atoms with Crippen molar-refractivity contribution in [3.63, 3.8) is 0 Å². The Kier molecular flexibility index (Phi) is 65.9. The fourth-order valence-corrected chi connectivity index (χ4v) is 13.4. The third kappa shape index (κ3) is 69.5. The Morgan fingerprint density at radius 3 is 0.732 bits per heavy atom. The molecule has 0 aromatic heterocycles. The predicted octanol–water partition coefficient (Wildman–Crippen LogP) is 22.8. The average Bonchev–Trinajstić information content (AvgIpc) is 3.50. The minimum Gasteiger partial charge on any atom is -0.462 e. The van der Waals surface area contributed by atoms with E-state index in [0.29, 0.717) is 25.7 Å². The monoisotopic (exact) mass is 1420 g/mol. The molecule has 7 atom stereocenters. The summed E-state index contributed by atoms with van der Waals surface area (Å²) in [7, 11) is -9.92. The summed E-state index contributed by atoms with van der Waals surface area (Å²) in [4.78, 5) is 72.9. The van der Waals surface area contributed by atoms with Gasteiger partial charge in [0.25, 0.3) is 0 Å². The predicted molar refractivity (Wildman–Crippen MR) is 395 cm³/mol. The van der Waals surface area contributed by atoms with Gasteiger partial charge in [-0.1, -0.05) is 344 Å². The van der Waals surface area contributed by atoms with Gasteiger partial charge < -0.3 is 33.8 Å². The van der Waals surface area contributed by atoms with Crippen molar-refractivity contribution in [2.75, 3.05) is 39.6 Å². The van der Waals surface area contributed by atoms with Crippen LogP contribution in [0.3, 0.4) is 0 Å². The highest BCUT2D eigenvalue weighted by Gasteiger charge is 2.30. The molecule has 0 aliphatic carbocycles. The molecule has 0 fully saturated rings. The molecule has 0 saturated heterocycles. The number of carbonyl (C=O) groups is 4. The normalized spacial score (nSPS) is 14.6. The van der Waals surface area contributed by atoms with Crippen molar-refractivity contribution in [1.82, 2.24) is 0 Å². The first-order valence-corrected chi connectivity index (χ1v) is 43.3. The molecule has 0 aliphatic heterocycles. The zero-order chi connectivity index (χ0) is 71.7. The number of hydrogen-bond donors (Lipinski definition) is 3. The summed E-state index contributed by atoms with van der Waals surface area (Å²) < 4.78 is 68.6. The summed E-state index contributed by atoms with van der Waals surface area (Å²) in [6, 6.07) is 0. The number of rotatable bonds is 75. The molecule has 0 aromatic carbocycles. The van der Waals surface area contributed by atoms with Crippen molar-refractivity contribution in [3.8, 4) is 0 Å². The van der Waals surface area contributed by atoms with Crippen molar-refractivity contribution >= 4 is 39.5 Å². The second kappa shape index (κ2) is 67.2. The molecule has 3 N–H and O–H groups in total. The molecule has 17 nitrogen and oxygen atoms in total. The van der Waals surface area contributed by atoms with Crippen LogP contribution in [0.4, 0.5) is 0 Å². The van der Waals surface area contributed by atoms with E-state index in [-0.39, 0.29) is 25.7 Å². The van der Waals surface area contributed by atoms with Gasteiger partial charge in [-0.15, -0.1) is 0 Å². The number of ether oxygens (including phenoxy) is 4. The van der Waals surface area contributed by atoms with Crippen LogP contribution >= 0.6 is 15.6 Å². The second-order valence-corrected chi connectivity index (χ2v) is 32.4. The molecule has 0 bridgehead atoms. The molecule has 0 heterocycles. The molecule has 4 unspecified atom stereocenters. The van der Waals surface area contributed by atoms with E-state index in [1.54, 1.807) is 0 Å². The molecule has 0 saturated carbocycles. The number of carbonyl (C=O) groups excluding carboxylic acids is 4. The summed E-state index contributed by atoms with van der Waals surface area (Å²) in [5, 5.41) is 10.6. The quantitative estimate of drug-likeness (QED) is 0.0222. The number of phosphoric acid groups is 2. The molecule has 19 heteroatoms. The number of aliphatic hydroxyl groups is 1. The number of hydrogen-bond acceptors (Lipinski definition) is 15. The van der Waals surface area contributed by atoms with Crippen LogP contribution in [-0.2, 0) is 65.4 Å². The average molecular weight is 1420 g/mol. The van der Waals surface area contributed by atoms with Crippen molar-refractivity contribution in [1.29, 1.82) is 0 Å². The Morgan fingerprint density at radius 2 is 0.495 bits per heavy atom. The molecular formula is C78H152O17P2. The van der Waals surface area contributed by atoms with Crippen molar-refractivity contribution in [2.24, 2.45) is 23.7 Å². The lowest BCUT2D eigenvalue weighted by Gasteiger charge is -2.21. The summed E-state index contributed by atoms with van der Waals surface area (Å²) in [6.07, 6.45) is 52.7. The number of phosphoric ester groups is 2.